The monoisotopic (exact) mass is 438 g/mol. The summed E-state index contributed by atoms with van der Waals surface area (Å²) in [6.45, 7) is 4.09. The highest BCUT2D eigenvalue weighted by Crippen LogP contribution is 2.14. The number of H-pyrrole nitrogens is 1. The Morgan fingerprint density at radius 1 is 1.25 bits per heavy atom. The first-order valence-corrected chi connectivity index (χ1v) is 10.2. The van der Waals surface area contributed by atoms with Crippen molar-refractivity contribution in [3.8, 4) is 16.9 Å². The first kappa shape index (κ1) is 22.7. The summed E-state index contributed by atoms with van der Waals surface area (Å²) in [7, 11) is 1.29. The third-order valence-corrected chi connectivity index (χ3v) is 4.73. The van der Waals surface area contributed by atoms with Gasteiger partial charge in [-0.2, -0.15) is 0 Å². The van der Waals surface area contributed by atoms with Gasteiger partial charge in [-0.1, -0.05) is 19.9 Å². The standard InChI is InChI=1S/C22H26N6O4/c1-14(2)9-18(21(30)32-3)27-22(31)25-11-15-6-8-24-19(10-15)28-20(29)17(13-26-28)16-5-4-7-23-12-16/h4-8,10,12-14,18,26H,9,11H2,1-3H3,(H2,25,27,31)/t18-/m0/s1. The van der Waals surface area contributed by atoms with Crippen LogP contribution in [0.2, 0.25) is 0 Å². The van der Waals surface area contributed by atoms with Crippen molar-refractivity contribution < 1.29 is 14.3 Å². The number of nitrogens with zero attached hydrogens (tertiary/aromatic N) is 3. The van der Waals surface area contributed by atoms with Crippen LogP contribution >= 0.6 is 0 Å². The molecule has 10 nitrogen and oxygen atoms in total. The summed E-state index contributed by atoms with van der Waals surface area (Å²) in [6.07, 6.45) is 6.87. The molecule has 0 saturated heterocycles. The van der Waals surface area contributed by atoms with Gasteiger partial charge < -0.3 is 15.4 Å². The van der Waals surface area contributed by atoms with E-state index in [1.807, 2.05) is 13.8 Å². The summed E-state index contributed by atoms with van der Waals surface area (Å²) < 4.78 is 6.08. The predicted octanol–water partition coefficient (Wildman–Crippen LogP) is 2.01. The van der Waals surface area contributed by atoms with Gasteiger partial charge in [0.2, 0.25) is 0 Å². The number of urea groups is 1. The van der Waals surface area contributed by atoms with Crippen molar-refractivity contribution in [2.24, 2.45) is 5.92 Å². The number of aromatic nitrogens is 4. The highest BCUT2D eigenvalue weighted by Gasteiger charge is 2.22. The molecule has 0 saturated carbocycles. The molecule has 0 aliphatic carbocycles. The van der Waals surface area contributed by atoms with Crippen LogP contribution in [0.3, 0.4) is 0 Å². The molecule has 1 atom stereocenters. The van der Waals surface area contributed by atoms with Crippen molar-refractivity contribution in [1.29, 1.82) is 0 Å². The number of aromatic amines is 1. The van der Waals surface area contributed by atoms with Crippen LogP contribution in [0.5, 0.6) is 0 Å². The van der Waals surface area contributed by atoms with Crippen molar-refractivity contribution in [2.75, 3.05) is 7.11 Å². The normalized spacial score (nSPS) is 11.8. The Labute approximate surface area is 185 Å². The Balaban J connectivity index is 1.68. The number of carbonyl (C=O) groups excluding carboxylic acids is 2. The van der Waals surface area contributed by atoms with Crippen molar-refractivity contribution in [3.63, 3.8) is 0 Å². The van der Waals surface area contributed by atoms with Gasteiger partial charge in [0.25, 0.3) is 5.56 Å². The quantitative estimate of drug-likeness (QED) is 0.461. The Morgan fingerprint density at radius 3 is 2.75 bits per heavy atom. The third kappa shape index (κ3) is 5.60. The zero-order valence-corrected chi connectivity index (χ0v) is 18.2. The molecule has 32 heavy (non-hydrogen) atoms. The van der Waals surface area contributed by atoms with E-state index in [2.05, 4.69) is 25.7 Å². The number of hydrogen-bond donors (Lipinski definition) is 3. The fourth-order valence-corrected chi connectivity index (χ4v) is 3.18. The first-order chi connectivity index (χ1) is 15.4. The lowest BCUT2D eigenvalue weighted by atomic mass is 10.0. The van der Waals surface area contributed by atoms with E-state index in [4.69, 9.17) is 4.74 Å². The number of ether oxygens (including phenoxy) is 1. The number of rotatable bonds is 8. The average molecular weight is 438 g/mol. The summed E-state index contributed by atoms with van der Waals surface area (Å²) in [5, 5.41) is 8.26. The number of esters is 1. The molecule has 2 amide bonds. The van der Waals surface area contributed by atoms with Gasteiger partial charge in [0.1, 0.15) is 6.04 Å². The molecule has 3 N–H and O–H groups in total. The predicted molar refractivity (Wildman–Crippen MR) is 118 cm³/mol. The fraction of sp³-hybridized carbons (Fsp3) is 0.318. The van der Waals surface area contributed by atoms with E-state index in [0.717, 1.165) is 5.56 Å². The summed E-state index contributed by atoms with van der Waals surface area (Å²) in [5.74, 6) is 0.102. The minimum atomic E-state index is -0.726. The molecule has 3 aromatic rings. The van der Waals surface area contributed by atoms with Gasteiger partial charge in [0.05, 0.1) is 12.7 Å². The van der Waals surface area contributed by atoms with E-state index in [1.165, 1.54) is 11.8 Å². The molecular formula is C22H26N6O4. The molecule has 168 valence electrons. The molecule has 0 radical (unpaired) electrons. The number of methoxy groups -OCH3 is 1. The minimum absolute atomic E-state index is 0.182. The maximum atomic E-state index is 12.8. The van der Waals surface area contributed by atoms with Crippen molar-refractivity contribution in [1.82, 2.24) is 30.4 Å². The molecule has 0 unspecified atom stereocenters. The summed E-state index contributed by atoms with van der Waals surface area (Å²) in [4.78, 5) is 45.2. The molecular weight excluding hydrogens is 412 g/mol. The van der Waals surface area contributed by atoms with Gasteiger partial charge in [-0.15, -0.1) is 0 Å². The zero-order chi connectivity index (χ0) is 23.1. The topological polar surface area (TPSA) is 131 Å². The molecule has 0 aliphatic heterocycles. The van der Waals surface area contributed by atoms with Gasteiger partial charge in [-0.05, 0) is 36.1 Å². The van der Waals surface area contributed by atoms with Crippen LogP contribution in [0, 0.1) is 5.92 Å². The van der Waals surface area contributed by atoms with Crippen LogP contribution in [0.25, 0.3) is 16.9 Å². The number of pyridine rings is 2. The van der Waals surface area contributed by atoms with Crippen LogP contribution in [0.4, 0.5) is 4.79 Å². The fourth-order valence-electron chi connectivity index (χ4n) is 3.18. The second kappa shape index (κ2) is 10.4. The van der Waals surface area contributed by atoms with Gasteiger partial charge in [-0.3, -0.25) is 14.9 Å². The van der Waals surface area contributed by atoms with Crippen molar-refractivity contribution >= 4 is 12.0 Å². The van der Waals surface area contributed by atoms with Crippen LogP contribution in [-0.4, -0.2) is 44.9 Å². The van der Waals surface area contributed by atoms with E-state index in [9.17, 15) is 14.4 Å². The molecule has 0 aliphatic rings. The Kier molecular flexibility index (Phi) is 7.37. The summed E-state index contributed by atoms with van der Waals surface area (Å²) >= 11 is 0. The third-order valence-electron chi connectivity index (χ3n) is 4.73. The van der Waals surface area contributed by atoms with E-state index < -0.39 is 18.0 Å². The van der Waals surface area contributed by atoms with Gasteiger partial charge in [0, 0.05) is 36.9 Å². The Morgan fingerprint density at radius 2 is 2.06 bits per heavy atom. The maximum Gasteiger partial charge on any atom is 0.328 e. The molecule has 0 aromatic carbocycles. The maximum absolute atomic E-state index is 12.8. The van der Waals surface area contributed by atoms with Crippen LogP contribution < -0.4 is 16.2 Å². The lowest BCUT2D eigenvalue weighted by Gasteiger charge is -2.18. The molecule has 0 spiro atoms. The lowest BCUT2D eigenvalue weighted by molar-refractivity contribution is -0.143. The molecule has 3 aromatic heterocycles. The number of hydrogen-bond acceptors (Lipinski definition) is 6. The summed E-state index contributed by atoms with van der Waals surface area (Å²) in [6, 6.07) is 5.76. The second-order valence-electron chi connectivity index (χ2n) is 7.62. The summed E-state index contributed by atoms with van der Waals surface area (Å²) in [5.41, 5.74) is 1.64. The van der Waals surface area contributed by atoms with Crippen LogP contribution in [-0.2, 0) is 16.1 Å². The number of carbonyl (C=O) groups is 2. The largest absolute Gasteiger partial charge is 0.467 e. The molecule has 10 heteroatoms. The second-order valence-corrected chi connectivity index (χ2v) is 7.62. The first-order valence-electron chi connectivity index (χ1n) is 10.2. The molecule has 3 rings (SSSR count). The minimum Gasteiger partial charge on any atom is -0.467 e. The number of amides is 2. The van der Waals surface area contributed by atoms with Crippen LogP contribution in [0.1, 0.15) is 25.8 Å². The smallest absolute Gasteiger partial charge is 0.328 e. The molecule has 0 fully saturated rings. The van der Waals surface area contributed by atoms with E-state index in [1.54, 1.807) is 49.1 Å². The average Bonchev–Trinajstić information content (AvgIpc) is 3.18. The van der Waals surface area contributed by atoms with E-state index >= 15 is 0 Å². The van der Waals surface area contributed by atoms with E-state index in [0.29, 0.717) is 23.4 Å². The van der Waals surface area contributed by atoms with Gasteiger partial charge in [-0.25, -0.2) is 19.3 Å². The highest BCUT2D eigenvalue weighted by atomic mass is 16.5. The Bertz CT molecular complexity index is 1120. The van der Waals surface area contributed by atoms with Gasteiger partial charge >= 0.3 is 12.0 Å². The molecule has 3 heterocycles. The lowest BCUT2D eigenvalue weighted by Crippen LogP contribution is -2.46. The van der Waals surface area contributed by atoms with Crippen LogP contribution in [0.15, 0.2) is 53.8 Å². The Hall–Kier alpha value is -3.95. The number of nitrogens with one attached hydrogen (secondary N) is 3. The van der Waals surface area contributed by atoms with E-state index in [-0.39, 0.29) is 18.0 Å². The van der Waals surface area contributed by atoms with Crippen molar-refractivity contribution in [3.05, 3.63) is 65.0 Å². The van der Waals surface area contributed by atoms with Crippen molar-refractivity contribution in [2.45, 2.75) is 32.9 Å². The van der Waals surface area contributed by atoms with Gasteiger partial charge in [0.15, 0.2) is 5.82 Å². The zero-order valence-electron chi connectivity index (χ0n) is 18.2. The molecule has 0 bridgehead atoms. The highest BCUT2D eigenvalue weighted by molar-refractivity contribution is 5.83. The SMILES string of the molecule is COC(=O)[C@H](CC(C)C)NC(=O)NCc1ccnc(-n2[nH]cc(-c3cccnc3)c2=O)c1.